The second kappa shape index (κ2) is 5.99. The summed E-state index contributed by atoms with van der Waals surface area (Å²) in [4.78, 5) is 0. The van der Waals surface area contributed by atoms with Crippen molar-refractivity contribution in [3.8, 4) is 0 Å². The van der Waals surface area contributed by atoms with Gasteiger partial charge in [0, 0.05) is 5.02 Å². The summed E-state index contributed by atoms with van der Waals surface area (Å²) in [5.41, 5.74) is 1.31. The Kier molecular flexibility index (Phi) is 4.52. The molecule has 0 N–H and O–H groups in total. The molecule has 0 aliphatic rings. The van der Waals surface area contributed by atoms with Crippen molar-refractivity contribution in [2.24, 2.45) is 0 Å². The van der Waals surface area contributed by atoms with Gasteiger partial charge in [-0.3, -0.25) is 4.31 Å². The van der Waals surface area contributed by atoms with Gasteiger partial charge < -0.3 is 0 Å². The number of hydrogen-bond donors (Lipinski definition) is 0. The summed E-state index contributed by atoms with van der Waals surface area (Å²) in [6, 6.07) is 8.54. The van der Waals surface area contributed by atoms with Crippen LogP contribution in [0.3, 0.4) is 0 Å². The lowest BCUT2D eigenvalue weighted by atomic mass is 10.2. The van der Waals surface area contributed by atoms with E-state index in [1.807, 2.05) is 0 Å². The highest BCUT2D eigenvalue weighted by Crippen LogP contribution is 2.31. The molecule has 0 atom stereocenters. The molecule has 6 heteroatoms. The molecule has 0 amide bonds. The van der Waals surface area contributed by atoms with E-state index in [2.05, 4.69) is 6.58 Å². The van der Waals surface area contributed by atoms with Crippen LogP contribution in [-0.2, 0) is 10.0 Å². The fraction of sp³-hybridized carbons (Fsp3) is 0.143. The number of benzene rings is 1. The van der Waals surface area contributed by atoms with Crippen molar-refractivity contribution in [2.45, 2.75) is 11.1 Å². The fourth-order valence-electron chi connectivity index (χ4n) is 1.83. The topological polar surface area (TPSA) is 37.4 Å². The fourth-order valence-corrected chi connectivity index (χ4v) is 4.60. The summed E-state index contributed by atoms with van der Waals surface area (Å²) < 4.78 is 27.0. The van der Waals surface area contributed by atoms with Crippen LogP contribution in [0.1, 0.15) is 5.56 Å². The zero-order valence-electron chi connectivity index (χ0n) is 10.9. The number of halogens is 1. The van der Waals surface area contributed by atoms with E-state index < -0.39 is 10.0 Å². The quantitative estimate of drug-likeness (QED) is 0.776. The third-order valence-electron chi connectivity index (χ3n) is 2.84. The normalized spacial score (nSPS) is 11.3. The Morgan fingerprint density at radius 3 is 2.70 bits per heavy atom. The second-order valence-electron chi connectivity index (χ2n) is 4.14. The monoisotopic (exact) mass is 327 g/mol. The van der Waals surface area contributed by atoms with Crippen molar-refractivity contribution in [3.63, 3.8) is 0 Å². The molecule has 1 heterocycles. The van der Waals surface area contributed by atoms with E-state index in [4.69, 9.17) is 11.6 Å². The Bertz CT molecular complexity index is 709. The first-order valence-electron chi connectivity index (χ1n) is 5.90. The number of anilines is 1. The minimum absolute atomic E-state index is 0.196. The highest BCUT2D eigenvalue weighted by molar-refractivity contribution is 7.94. The molecule has 0 saturated heterocycles. The molecule has 2 rings (SSSR count). The van der Waals surface area contributed by atoms with Gasteiger partial charge in [-0.05, 0) is 36.1 Å². The van der Waals surface area contributed by atoms with Crippen molar-refractivity contribution in [2.75, 3.05) is 10.8 Å². The predicted molar refractivity (Wildman–Crippen MR) is 85.2 cm³/mol. The Morgan fingerprint density at radius 2 is 2.10 bits per heavy atom. The Balaban J connectivity index is 2.58. The highest BCUT2D eigenvalue weighted by Gasteiger charge is 2.26. The summed E-state index contributed by atoms with van der Waals surface area (Å²) in [5, 5.41) is 2.28. The Morgan fingerprint density at radius 1 is 1.35 bits per heavy atom. The first kappa shape index (κ1) is 15.1. The van der Waals surface area contributed by atoms with Gasteiger partial charge in [0.1, 0.15) is 4.21 Å². The standard InChI is InChI=1S/C14H14ClNO2S2/c1-3-9-16(13-7-4-6-12(15)11(13)2)20(17,18)14-8-5-10-19-14/h3-8,10H,1,9H2,2H3. The third kappa shape index (κ3) is 2.75. The number of thiophene rings is 1. The van der Waals surface area contributed by atoms with Gasteiger partial charge in [0.15, 0.2) is 0 Å². The van der Waals surface area contributed by atoms with Gasteiger partial charge in [-0.2, -0.15) is 0 Å². The van der Waals surface area contributed by atoms with Gasteiger partial charge in [-0.1, -0.05) is 29.8 Å². The first-order chi connectivity index (χ1) is 9.48. The molecule has 0 radical (unpaired) electrons. The molecule has 0 unspecified atom stereocenters. The van der Waals surface area contributed by atoms with Crippen LogP contribution in [0.5, 0.6) is 0 Å². The van der Waals surface area contributed by atoms with E-state index in [9.17, 15) is 8.42 Å². The lowest BCUT2D eigenvalue weighted by Crippen LogP contribution is -2.31. The van der Waals surface area contributed by atoms with Crippen LogP contribution in [0.2, 0.25) is 5.02 Å². The van der Waals surface area contributed by atoms with E-state index in [1.54, 1.807) is 48.7 Å². The molecule has 0 saturated carbocycles. The van der Waals surface area contributed by atoms with Crippen molar-refractivity contribution < 1.29 is 8.42 Å². The van der Waals surface area contributed by atoms with Crippen LogP contribution in [-0.4, -0.2) is 15.0 Å². The maximum absolute atomic E-state index is 12.7. The summed E-state index contributed by atoms with van der Waals surface area (Å²) >= 11 is 7.28. The second-order valence-corrected chi connectivity index (χ2v) is 7.58. The smallest absolute Gasteiger partial charge is 0.262 e. The van der Waals surface area contributed by atoms with Crippen molar-refractivity contribution >= 4 is 38.6 Å². The van der Waals surface area contributed by atoms with E-state index in [0.29, 0.717) is 14.9 Å². The van der Waals surface area contributed by atoms with E-state index in [-0.39, 0.29) is 6.54 Å². The van der Waals surface area contributed by atoms with Crippen molar-refractivity contribution in [1.82, 2.24) is 0 Å². The molecular formula is C14H14ClNO2S2. The number of sulfonamides is 1. The lowest BCUT2D eigenvalue weighted by Gasteiger charge is -2.24. The molecule has 3 nitrogen and oxygen atoms in total. The molecule has 20 heavy (non-hydrogen) atoms. The molecule has 0 fully saturated rings. The van der Waals surface area contributed by atoms with Gasteiger partial charge in [0.25, 0.3) is 10.0 Å². The van der Waals surface area contributed by atoms with Crippen LogP contribution in [0.15, 0.2) is 52.6 Å². The molecule has 106 valence electrons. The van der Waals surface area contributed by atoms with Gasteiger partial charge in [0.2, 0.25) is 0 Å². The molecule has 0 aliphatic heterocycles. The van der Waals surface area contributed by atoms with Crippen molar-refractivity contribution in [3.05, 3.63) is 59.0 Å². The van der Waals surface area contributed by atoms with E-state index in [0.717, 1.165) is 5.56 Å². The van der Waals surface area contributed by atoms with Gasteiger partial charge >= 0.3 is 0 Å². The van der Waals surface area contributed by atoms with Crippen LogP contribution in [0, 0.1) is 6.92 Å². The maximum Gasteiger partial charge on any atom is 0.274 e. The lowest BCUT2D eigenvalue weighted by molar-refractivity contribution is 0.595. The van der Waals surface area contributed by atoms with Gasteiger partial charge in [0.05, 0.1) is 12.2 Å². The molecule has 2 aromatic rings. The highest BCUT2D eigenvalue weighted by atomic mass is 35.5. The first-order valence-corrected chi connectivity index (χ1v) is 8.60. The Labute approximate surface area is 128 Å². The van der Waals surface area contributed by atoms with Crippen molar-refractivity contribution in [1.29, 1.82) is 0 Å². The Hall–Kier alpha value is -1.30. The molecule has 1 aromatic heterocycles. The summed E-state index contributed by atoms with van der Waals surface area (Å²) in [6.07, 6.45) is 1.56. The zero-order valence-corrected chi connectivity index (χ0v) is 13.3. The number of hydrogen-bond acceptors (Lipinski definition) is 3. The molecule has 0 bridgehead atoms. The maximum atomic E-state index is 12.7. The summed E-state index contributed by atoms with van der Waals surface area (Å²) in [7, 11) is -3.59. The van der Waals surface area contributed by atoms with E-state index in [1.165, 1.54) is 15.6 Å². The van der Waals surface area contributed by atoms with Gasteiger partial charge in [-0.25, -0.2) is 8.42 Å². The number of nitrogens with zero attached hydrogens (tertiary/aromatic N) is 1. The predicted octanol–water partition coefficient (Wildman–Crippen LogP) is 4.09. The molecular weight excluding hydrogens is 314 g/mol. The van der Waals surface area contributed by atoms with Crippen LogP contribution in [0.4, 0.5) is 5.69 Å². The van der Waals surface area contributed by atoms with Crippen LogP contribution >= 0.6 is 22.9 Å². The molecule has 0 aliphatic carbocycles. The van der Waals surface area contributed by atoms with E-state index >= 15 is 0 Å². The van der Waals surface area contributed by atoms with Crippen LogP contribution < -0.4 is 4.31 Å². The van der Waals surface area contributed by atoms with Gasteiger partial charge in [-0.15, -0.1) is 17.9 Å². The molecule has 1 aromatic carbocycles. The minimum Gasteiger partial charge on any atom is -0.262 e. The average Bonchev–Trinajstić information content (AvgIpc) is 2.94. The zero-order chi connectivity index (χ0) is 14.8. The SMILES string of the molecule is C=CCN(c1cccc(Cl)c1C)S(=O)(=O)c1cccs1. The largest absolute Gasteiger partial charge is 0.274 e. The number of rotatable bonds is 5. The molecule has 0 spiro atoms. The summed E-state index contributed by atoms with van der Waals surface area (Å²) in [5.74, 6) is 0. The summed E-state index contributed by atoms with van der Waals surface area (Å²) in [6.45, 7) is 5.64. The average molecular weight is 328 g/mol. The third-order valence-corrected chi connectivity index (χ3v) is 6.40. The van der Waals surface area contributed by atoms with Crippen LogP contribution in [0.25, 0.3) is 0 Å². The minimum atomic E-state index is -3.59.